The number of hydrogen-bond donors (Lipinski definition) is 2. The maximum atomic E-state index is 5.42. The average Bonchev–Trinajstić information content (AvgIpc) is 2.66. The number of thiocarbonyl (C=S) groups is 1. The Morgan fingerprint density at radius 2 is 1.62 bits per heavy atom. The Kier molecular flexibility index (Phi) is 7.88. The van der Waals surface area contributed by atoms with Crippen LogP contribution in [0, 0.1) is 0 Å². The molecule has 0 unspecified atom stereocenters. The Morgan fingerprint density at radius 1 is 1.00 bits per heavy atom. The first-order valence-corrected chi connectivity index (χ1v) is 9.32. The molecule has 0 aliphatic heterocycles. The van der Waals surface area contributed by atoms with Crippen LogP contribution < -0.4 is 15.4 Å². The highest BCUT2D eigenvalue weighted by atomic mass is 32.1. The van der Waals surface area contributed by atoms with Gasteiger partial charge in [-0.3, -0.25) is 4.90 Å². The Balaban J connectivity index is 1.85. The zero-order chi connectivity index (χ0) is 18.9. The first kappa shape index (κ1) is 20.2. The predicted molar refractivity (Wildman–Crippen MR) is 112 cm³/mol. The van der Waals surface area contributed by atoms with Gasteiger partial charge in [0, 0.05) is 25.7 Å². The molecule has 0 fully saturated rings. The molecular formula is C21H29N3OS. The molecule has 5 heteroatoms. The molecule has 2 aromatic carbocycles. The standard InChI is InChI=1S/C21H29N3OS/c1-16(2)24(3)15-19-8-6-5-7-18(19)14-23-21(26)22-13-17-9-11-20(25-4)12-10-17/h5-12,16H,13-15H2,1-4H3,(H2,22,23,26). The van der Waals surface area contributed by atoms with E-state index in [4.69, 9.17) is 17.0 Å². The van der Waals surface area contributed by atoms with Gasteiger partial charge in [0.2, 0.25) is 0 Å². The number of hydrogen-bond acceptors (Lipinski definition) is 3. The van der Waals surface area contributed by atoms with Crippen molar-refractivity contribution in [2.75, 3.05) is 14.2 Å². The van der Waals surface area contributed by atoms with Crippen molar-refractivity contribution in [2.24, 2.45) is 0 Å². The normalized spacial score (nSPS) is 10.8. The lowest BCUT2D eigenvalue weighted by Crippen LogP contribution is -2.34. The van der Waals surface area contributed by atoms with Crippen LogP contribution >= 0.6 is 12.2 Å². The van der Waals surface area contributed by atoms with E-state index in [1.165, 1.54) is 11.1 Å². The number of nitrogens with one attached hydrogen (secondary N) is 2. The molecule has 0 aliphatic carbocycles. The third-order valence-corrected chi connectivity index (χ3v) is 4.76. The lowest BCUT2D eigenvalue weighted by molar-refractivity contribution is 0.265. The molecule has 2 N–H and O–H groups in total. The molecule has 2 rings (SSSR count). The zero-order valence-corrected chi connectivity index (χ0v) is 16.9. The minimum Gasteiger partial charge on any atom is -0.497 e. The molecular weight excluding hydrogens is 342 g/mol. The van der Waals surface area contributed by atoms with Gasteiger partial charge < -0.3 is 15.4 Å². The lowest BCUT2D eigenvalue weighted by atomic mass is 10.1. The van der Waals surface area contributed by atoms with Gasteiger partial charge in [0.15, 0.2) is 5.11 Å². The molecule has 0 radical (unpaired) electrons. The van der Waals surface area contributed by atoms with Crippen molar-refractivity contribution < 1.29 is 4.74 Å². The van der Waals surface area contributed by atoms with Crippen LogP contribution in [0.15, 0.2) is 48.5 Å². The summed E-state index contributed by atoms with van der Waals surface area (Å²) in [7, 11) is 3.82. The minimum absolute atomic E-state index is 0.517. The second kappa shape index (κ2) is 10.1. The Labute approximate surface area is 162 Å². The second-order valence-corrected chi connectivity index (χ2v) is 7.07. The molecule has 0 bridgehead atoms. The van der Waals surface area contributed by atoms with Crippen molar-refractivity contribution in [3.63, 3.8) is 0 Å². The summed E-state index contributed by atoms with van der Waals surface area (Å²) in [6, 6.07) is 17.0. The summed E-state index contributed by atoms with van der Waals surface area (Å²) < 4.78 is 5.17. The monoisotopic (exact) mass is 371 g/mol. The summed E-state index contributed by atoms with van der Waals surface area (Å²) in [5.74, 6) is 0.859. The van der Waals surface area contributed by atoms with Crippen molar-refractivity contribution in [1.82, 2.24) is 15.5 Å². The number of benzene rings is 2. The summed E-state index contributed by atoms with van der Waals surface area (Å²) in [6.07, 6.45) is 0. The van der Waals surface area contributed by atoms with E-state index in [1.807, 2.05) is 24.3 Å². The first-order chi connectivity index (χ1) is 12.5. The zero-order valence-electron chi connectivity index (χ0n) is 16.1. The molecule has 0 heterocycles. The molecule has 4 nitrogen and oxygen atoms in total. The number of nitrogens with zero attached hydrogens (tertiary/aromatic N) is 1. The smallest absolute Gasteiger partial charge is 0.166 e. The summed E-state index contributed by atoms with van der Waals surface area (Å²) >= 11 is 5.42. The SMILES string of the molecule is COc1ccc(CNC(=S)NCc2ccccc2CN(C)C(C)C)cc1. The number of methoxy groups -OCH3 is 1. The Morgan fingerprint density at radius 3 is 2.23 bits per heavy atom. The van der Waals surface area contributed by atoms with Crippen molar-refractivity contribution >= 4 is 17.3 Å². The largest absolute Gasteiger partial charge is 0.497 e. The molecule has 0 saturated heterocycles. The van der Waals surface area contributed by atoms with Gasteiger partial charge in [-0.15, -0.1) is 0 Å². The summed E-state index contributed by atoms with van der Waals surface area (Å²) in [6.45, 7) is 6.75. The summed E-state index contributed by atoms with van der Waals surface area (Å²) in [4.78, 5) is 2.33. The Hall–Kier alpha value is -2.11. The van der Waals surface area contributed by atoms with Crippen LogP contribution in [-0.2, 0) is 19.6 Å². The van der Waals surface area contributed by atoms with E-state index in [1.54, 1.807) is 7.11 Å². The summed E-state index contributed by atoms with van der Waals surface area (Å²) in [5, 5.41) is 7.23. The highest BCUT2D eigenvalue weighted by Gasteiger charge is 2.08. The average molecular weight is 372 g/mol. The van der Waals surface area contributed by atoms with Gasteiger partial charge in [-0.2, -0.15) is 0 Å². The third kappa shape index (κ3) is 6.32. The van der Waals surface area contributed by atoms with Crippen LogP contribution in [0.3, 0.4) is 0 Å². The van der Waals surface area contributed by atoms with Crippen molar-refractivity contribution in [1.29, 1.82) is 0 Å². The van der Waals surface area contributed by atoms with Crippen LogP contribution in [0.5, 0.6) is 5.75 Å². The van der Waals surface area contributed by atoms with Gasteiger partial charge >= 0.3 is 0 Å². The maximum absolute atomic E-state index is 5.42. The highest BCUT2D eigenvalue weighted by Crippen LogP contribution is 2.13. The third-order valence-electron chi connectivity index (χ3n) is 4.47. The molecule has 0 aromatic heterocycles. The summed E-state index contributed by atoms with van der Waals surface area (Å²) in [5.41, 5.74) is 3.76. The van der Waals surface area contributed by atoms with Crippen molar-refractivity contribution in [3.8, 4) is 5.75 Å². The van der Waals surface area contributed by atoms with Gasteiger partial charge in [0.1, 0.15) is 5.75 Å². The van der Waals surface area contributed by atoms with Gasteiger partial charge in [0.25, 0.3) is 0 Å². The second-order valence-electron chi connectivity index (χ2n) is 6.66. The fraction of sp³-hybridized carbons (Fsp3) is 0.381. The van der Waals surface area contributed by atoms with E-state index >= 15 is 0 Å². The van der Waals surface area contributed by atoms with E-state index in [9.17, 15) is 0 Å². The van der Waals surface area contributed by atoms with Gasteiger partial charge in [-0.1, -0.05) is 36.4 Å². The number of ether oxygens (including phenoxy) is 1. The van der Waals surface area contributed by atoms with Gasteiger partial charge in [-0.25, -0.2) is 0 Å². The molecule has 0 atom stereocenters. The molecule has 26 heavy (non-hydrogen) atoms. The van der Waals surface area contributed by atoms with Crippen LogP contribution in [-0.4, -0.2) is 30.2 Å². The van der Waals surface area contributed by atoms with Crippen molar-refractivity contribution in [3.05, 3.63) is 65.2 Å². The van der Waals surface area contributed by atoms with Crippen LogP contribution in [0.25, 0.3) is 0 Å². The molecule has 2 aromatic rings. The fourth-order valence-corrected chi connectivity index (χ4v) is 2.64. The molecule has 0 spiro atoms. The predicted octanol–water partition coefficient (Wildman–Crippen LogP) is 3.70. The van der Waals surface area contributed by atoms with E-state index in [-0.39, 0.29) is 0 Å². The quantitative estimate of drug-likeness (QED) is 0.692. The highest BCUT2D eigenvalue weighted by molar-refractivity contribution is 7.80. The Bertz CT molecular complexity index is 701. The first-order valence-electron chi connectivity index (χ1n) is 8.91. The minimum atomic E-state index is 0.517. The topological polar surface area (TPSA) is 36.5 Å². The van der Waals surface area contributed by atoms with Crippen molar-refractivity contribution in [2.45, 2.75) is 39.5 Å². The van der Waals surface area contributed by atoms with Crippen LogP contribution in [0.2, 0.25) is 0 Å². The number of rotatable bonds is 8. The molecule has 0 aliphatic rings. The molecule has 140 valence electrons. The van der Waals surface area contributed by atoms with E-state index in [0.717, 1.165) is 24.4 Å². The molecule has 0 saturated carbocycles. The van der Waals surface area contributed by atoms with Gasteiger partial charge in [0.05, 0.1) is 7.11 Å². The van der Waals surface area contributed by atoms with Gasteiger partial charge in [-0.05, 0) is 61.9 Å². The molecule has 0 amide bonds. The van der Waals surface area contributed by atoms with E-state index in [2.05, 4.69) is 60.7 Å². The lowest BCUT2D eigenvalue weighted by Gasteiger charge is -2.22. The maximum Gasteiger partial charge on any atom is 0.166 e. The van der Waals surface area contributed by atoms with Crippen LogP contribution in [0.1, 0.15) is 30.5 Å². The fourth-order valence-electron chi connectivity index (χ4n) is 2.50. The van der Waals surface area contributed by atoms with E-state index in [0.29, 0.717) is 17.7 Å². The van der Waals surface area contributed by atoms with E-state index < -0.39 is 0 Å². The van der Waals surface area contributed by atoms with Crippen LogP contribution in [0.4, 0.5) is 0 Å².